The first-order valence-electron chi connectivity index (χ1n) is 10.6. The third-order valence-corrected chi connectivity index (χ3v) is 4.91. The van der Waals surface area contributed by atoms with Gasteiger partial charge < -0.3 is 20.1 Å². The largest absolute Gasteiger partial charge is 0.489 e. The Bertz CT molecular complexity index is 1030. The second-order valence-electron chi connectivity index (χ2n) is 7.48. The molecule has 0 unspecified atom stereocenters. The van der Waals surface area contributed by atoms with Crippen molar-refractivity contribution < 1.29 is 14.3 Å². The van der Waals surface area contributed by atoms with Crippen LogP contribution in [0.4, 0.5) is 5.82 Å². The van der Waals surface area contributed by atoms with Crippen LogP contribution < -0.4 is 15.4 Å². The van der Waals surface area contributed by atoms with Crippen molar-refractivity contribution in [3.63, 3.8) is 0 Å². The molecule has 0 bridgehead atoms. The SMILES string of the molecule is CC(C)OC(=O)c1cccnc1NCCNCc1cccc(OCc2ccccc2Cl)c1. The molecule has 1 aromatic heterocycles. The predicted molar refractivity (Wildman–Crippen MR) is 127 cm³/mol. The van der Waals surface area contributed by atoms with Gasteiger partial charge in [-0.15, -0.1) is 0 Å². The van der Waals surface area contributed by atoms with E-state index in [1.807, 2.05) is 62.4 Å². The van der Waals surface area contributed by atoms with Gasteiger partial charge in [0.05, 0.1) is 6.10 Å². The van der Waals surface area contributed by atoms with Gasteiger partial charge in [0.25, 0.3) is 0 Å². The number of ether oxygens (including phenoxy) is 2. The number of halogens is 1. The number of hydrogen-bond acceptors (Lipinski definition) is 6. The highest BCUT2D eigenvalue weighted by Crippen LogP contribution is 2.19. The van der Waals surface area contributed by atoms with E-state index in [9.17, 15) is 4.79 Å². The fraction of sp³-hybridized carbons (Fsp3) is 0.280. The average Bonchev–Trinajstić information content (AvgIpc) is 2.78. The van der Waals surface area contributed by atoms with Gasteiger partial charge in [-0.2, -0.15) is 0 Å². The smallest absolute Gasteiger partial charge is 0.342 e. The number of hydrogen-bond donors (Lipinski definition) is 2. The van der Waals surface area contributed by atoms with Crippen molar-refractivity contribution in [2.75, 3.05) is 18.4 Å². The monoisotopic (exact) mass is 453 g/mol. The molecule has 0 saturated carbocycles. The molecular formula is C25H28ClN3O3. The summed E-state index contributed by atoms with van der Waals surface area (Å²) in [7, 11) is 0. The number of carbonyl (C=O) groups excluding carboxylic acids is 1. The Hall–Kier alpha value is -3.09. The van der Waals surface area contributed by atoms with Crippen LogP contribution in [0.1, 0.15) is 35.3 Å². The molecule has 3 rings (SSSR count). The Kier molecular flexibility index (Phi) is 8.90. The second kappa shape index (κ2) is 12.1. The minimum atomic E-state index is -0.378. The van der Waals surface area contributed by atoms with Gasteiger partial charge in [0.2, 0.25) is 0 Å². The van der Waals surface area contributed by atoms with Crippen molar-refractivity contribution in [3.8, 4) is 5.75 Å². The topological polar surface area (TPSA) is 72.5 Å². The Labute approximate surface area is 193 Å². The summed E-state index contributed by atoms with van der Waals surface area (Å²) in [5, 5.41) is 7.28. The quantitative estimate of drug-likeness (QED) is 0.311. The fourth-order valence-electron chi connectivity index (χ4n) is 3.01. The van der Waals surface area contributed by atoms with Crippen LogP contribution in [0.25, 0.3) is 0 Å². The molecule has 0 aliphatic carbocycles. The molecule has 0 fully saturated rings. The zero-order valence-corrected chi connectivity index (χ0v) is 19.1. The Balaban J connectivity index is 1.44. The van der Waals surface area contributed by atoms with E-state index in [-0.39, 0.29) is 12.1 Å². The molecule has 0 atom stereocenters. The van der Waals surface area contributed by atoms with Gasteiger partial charge in [-0.3, -0.25) is 0 Å². The molecule has 0 spiro atoms. The fourth-order valence-corrected chi connectivity index (χ4v) is 3.20. The van der Waals surface area contributed by atoms with E-state index in [4.69, 9.17) is 21.1 Å². The minimum Gasteiger partial charge on any atom is -0.489 e. The molecule has 1 heterocycles. The van der Waals surface area contributed by atoms with Crippen molar-refractivity contribution in [3.05, 3.63) is 88.6 Å². The predicted octanol–water partition coefficient (Wildman–Crippen LogP) is 5.08. The molecule has 0 aliphatic heterocycles. The molecule has 3 aromatic rings. The summed E-state index contributed by atoms with van der Waals surface area (Å²) in [4.78, 5) is 16.5. The summed E-state index contributed by atoms with van der Waals surface area (Å²) in [6.45, 7) is 6.06. The number of nitrogens with zero attached hydrogens (tertiary/aromatic N) is 1. The van der Waals surface area contributed by atoms with E-state index < -0.39 is 0 Å². The lowest BCUT2D eigenvalue weighted by Gasteiger charge is -2.13. The summed E-state index contributed by atoms with van der Waals surface area (Å²) >= 11 is 6.19. The third kappa shape index (κ3) is 7.25. The number of aromatic nitrogens is 1. The zero-order chi connectivity index (χ0) is 22.8. The second-order valence-corrected chi connectivity index (χ2v) is 7.89. The van der Waals surface area contributed by atoms with Crippen LogP contribution in [0.2, 0.25) is 5.02 Å². The molecule has 2 aromatic carbocycles. The maximum Gasteiger partial charge on any atom is 0.342 e. The van der Waals surface area contributed by atoms with E-state index in [0.29, 0.717) is 42.6 Å². The summed E-state index contributed by atoms with van der Waals surface area (Å²) in [5.41, 5.74) is 2.50. The summed E-state index contributed by atoms with van der Waals surface area (Å²) in [6.07, 6.45) is 1.47. The maximum atomic E-state index is 12.2. The molecule has 7 heteroatoms. The Morgan fingerprint density at radius 1 is 1.06 bits per heavy atom. The zero-order valence-electron chi connectivity index (χ0n) is 18.3. The van der Waals surface area contributed by atoms with Crippen molar-refractivity contribution in [1.29, 1.82) is 0 Å². The summed E-state index contributed by atoms with van der Waals surface area (Å²) in [5.74, 6) is 0.941. The molecule has 0 aliphatic rings. The van der Waals surface area contributed by atoms with Gasteiger partial charge in [-0.25, -0.2) is 9.78 Å². The van der Waals surface area contributed by atoms with Crippen LogP contribution in [0, 0.1) is 0 Å². The molecular weight excluding hydrogens is 426 g/mol. The standard InChI is InChI=1S/C25H28ClN3O3/c1-18(2)32-25(30)22-10-6-12-28-24(22)29-14-13-27-16-19-7-5-9-21(15-19)31-17-20-8-3-4-11-23(20)26/h3-12,15,18,27H,13-14,16-17H2,1-2H3,(H,28,29). The molecule has 2 N–H and O–H groups in total. The van der Waals surface area contributed by atoms with Crippen molar-refractivity contribution in [1.82, 2.24) is 10.3 Å². The molecule has 168 valence electrons. The van der Waals surface area contributed by atoms with E-state index >= 15 is 0 Å². The molecule has 0 saturated heterocycles. The van der Waals surface area contributed by atoms with Crippen LogP contribution in [-0.4, -0.2) is 30.1 Å². The molecule has 0 radical (unpaired) electrons. The Morgan fingerprint density at radius 3 is 2.72 bits per heavy atom. The van der Waals surface area contributed by atoms with Crippen LogP contribution in [0.3, 0.4) is 0 Å². The number of carbonyl (C=O) groups is 1. The van der Waals surface area contributed by atoms with Gasteiger partial charge in [-0.1, -0.05) is 41.9 Å². The molecule has 0 amide bonds. The minimum absolute atomic E-state index is 0.179. The van der Waals surface area contributed by atoms with Gasteiger partial charge in [0, 0.05) is 36.4 Å². The van der Waals surface area contributed by atoms with Gasteiger partial charge in [-0.05, 0) is 49.7 Å². The first-order valence-corrected chi connectivity index (χ1v) is 11.0. The van der Waals surface area contributed by atoms with E-state index in [1.165, 1.54) is 0 Å². The highest BCUT2D eigenvalue weighted by Gasteiger charge is 2.14. The summed E-state index contributed by atoms with van der Waals surface area (Å²) < 4.78 is 11.2. The lowest BCUT2D eigenvalue weighted by atomic mass is 10.2. The van der Waals surface area contributed by atoms with Crippen LogP contribution in [-0.2, 0) is 17.9 Å². The highest BCUT2D eigenvalue weighted by molar-refractivity contribution is 6.31. The van der Waals surface area contributed by atoms with Gasteiger partial charge >= 0.3 is 5.97 Å². The lowest BCUT2D eigenvalue weighted by molar-refractivity contribution is 0.0378. The first-order chi connectivity index (χ1) is 15.5. The van der Waals surface area contributed by atoms with E-state index in [2.05, 4.69) is 15.6 Å². The van der Waals surface area contributed by atoms with Crippen LogP contribution >= 0.6 is 11.6 Å². The average molecular weight is 454 g/mol. The number of pyridine rings is 1. The maximum absolute atomic E-state index is 12.2. The van der Waals surface area contributed by atoms with Crippen molar-refractivity contribution >= 4 is 23.4 Å². The van der Waals surface area contributed by atoms with Crippen molar-refractivity contribution in [2.24, 2.45) is 0 Å². The number of anilines is 1. The number of nitrogens with one attached hydrogen (secondary N) is 2. The molecule has 6 nitrogen and oxygen atoms in total. The number of rotatable bonds is 11. The van der Waals surface area contributed by atoms with E-state index in [0.717, 1.165) is 16.9 Å². The molecule has 32 heavy (non-hydrogen) atoms. The number of benzene rings is 2. The normalized spacial score (nSPS) is 10.8. The van der Waals surface area contributed by atoms with Crippen LogP contribution in [0.15, 0.2) is 66.9 Å². The lowest BCUT2D eigenvalue weighted by Crippen LogP contribution is -2.23. The Morgan fingerprint density at radius 2 is 1.91 bits per heavy atom. The summed E-state index contributed by atoms with van der Waals surface area (Å²) in [6, 6.07) is 19.0. The van der Waals surface area contributed by atoms with Crippen molar-refractivity contribution in [2.45, 2.75) is 33.1 Å². The number of esters is 1. The van der Waals surface area contributed by atoms with Gasteiger partial charge in [0.1, 0.15) is 23.7 Å². The third-order valence-electron chi connectivity index (χ3n) is 4.54. The van der Waals surface area contributed by atoms with E-state index in [1.54, 1.807) is 18.3 Å². The van der Waals surface area contributed by atoms with Gasteiger partial charge in [0.15, 0.2) is 0 Å². The highest BCUT2D eigenvalue weighted by atomic mass is 35.5. The van der Waals surface area contributed by atoms with Crippen LogP contribution in [0.5, 0.6) is 5.75 Å². The first kappa shape index (κ1) is 23.6.